The van der Waals surface area contributed by atoms with Crippen molar-refractivity contribution in [2.45, 2.75) is 44.8 Å². The molecule has 1 aromatic rings. The highest BCUT2D eigenvalue weighted by Gasteiger charge is 2.50. The Hall–Kier alpha value is -2.68. The molecule has 9 nitrogen and oxygen atoms in total. The zero-order chi connectivity index (χ0) is 20.4. The predicted octanol–water partition coefficient (Wildman–Crippen LogP) is 1.75. The highest BCUT2D eigenvalue weighted by molar-refractivity contribution is 6.08. The lowest BCUT2D eigenvalue weighted by Crippen LogP contribution is -2.59. The number of rotatable bonds is 5. The van der Waals surface area contributed by atoms with Crippen LogP contribution in [0.1, 0.15) is 39.2 Å². The van der Waals surface area contributed by atoms with Gasteiger partial charge in [0.1, 0.15) is 11.3 Å². The van der Waals surface area contributed by atoms with Crippen molar-refractivity contribution in [2.24, 2.45) is 5.73 Å². The summed E-state index contributed by atoms with van der Waals surface area (Å²) in [5.41, 5.74) is 3.32. The number of nitro benzene ring substituents is 1. The summed E-state index contributed by atoms with van der Waals surface area (Å²) < 4.78 is 5.40. The maximum absolute atomic E-state index is 13.1. The van der Waals surface area contributed by atoms with Gasteiger partial charge in [0.25, 0.3) is 11.6 Å². The van der Waals surface area contributed by atoms with Crippen molar-refractivity contribution in [3.8, 4) is 0 Å². The number of likely N-dealkylation sites (tertiary alicyclic amines) is 1. The molecule has 1 aliphatic rings. The van der Waals surface area contributed by atoms with E-state index < -0.39 is 27.9 Å². The van der Waals surface area contributed by atoms with Crippen LogP contribution in [0.15, 0.2) is 18.2 Å². The van der Waals surface area contributed by atoms with E-state index in [1.807, 2.05) is 0 Å². The minimum absolute atomic E-state index is 0.0272. The van der Waals surface area contributed by atoms with Crippen LogP contribution < -0.4 is 11.1 Å². The van der Waals surface area contributed by atoms with Gasteiger partial charge in [0.15, 0.2) is 0 Å². The van der Waals surface area contributed by atoms with Crippen LogP contribution in [-0.4, -0.2) is 47.4 Å². The average Bonchev–Trinajstić information content (AvgIpc) is 3.12. The van der Waals surface area contributed by atoms with E-state index in [2.05, 4.69) is 5.32 Å². The van der Waals surface area contributed by atoms with Crippen LogP contribution >= 0.6 is 0 Å². The van der Waals surface area contributed by atoms with Crippen molar-refractivity contribution in [1.29, 1.82) is 0 Å². The van der Waals surface area contributed by atoms with Gasteiger partial charge < -0.3 is 20.7 Å². The molecule has 0 spiro atoms. The number of nitro groups is 1. The monoisotopic (exact) mass is 378 g/mol. The summed E-state index contributed by atoms with van der Waals surface area (Å²) in [6, 6.07) is 4.02. The van der Waals surface area contributed by atoms with Crippen molar-refractivity contribution >= 4 is 23.3 Å². The lowest BCUT2D eigenvalue weighted by atomic mass is 9.88. The van der Waals surface area contributed by atoms with Crippen LogP contribution in [0.4, 0.5) is 11.4 Å². The Labute approximate surface area is 158 Å². The van der Waals surface area contributed by atoms with Gasteiger partial charge in [-0.1, -0.05) is 6.07 Å². The molecule has 1 fully saturated rings. The van der Waals surface area contributed by atoms with E-state index in [0.717, 1.165) is 18.9 Å². The summed E-state index contributed by atoms with van der Waals surface area (Å²) in [6.07, 6.45) is 1.63. The fourth-order valence-corrected chi connectivity index (χ4v) is 3.00. The fourth-order valence-electron chi connectivity index (χ4n) is 3.00. The molecule has 1 aromatic carbocycles. The van der Waals surface area contributed by atoms with Crippen molar-refractivity contribution in [1.82, 2.24) is 4.90 Å². The molecule has 2 rings (SSSR count). The first-order valence-corrected chi connectivity index (χ1v) is 8.79. The minimum atomic E-state index is -2.16. The Kier molecular flexibility index (Phi) is 5.74. The van der Waals surface area contributed by atoms with E-state index >= 15 is 0 Å². The molecule has 148 valence electrons. The Bertz CT molecular complexity index is 753. The van der Waals surface area contributed by atoms with Crippen molar-refractivity contribution in [3.63, 3.8) is 0 Å². The molecular weight excluding hydrogens is 352 g/mol. The molecular formula is C18H26N4O5. The van der Waals surface area contributed by atoms with Crippen LogP contribution in [0.2, 0.25) is 0 Å². The van der Waals surface area contributed by atoms with Crippen LogP contribution in [0.25, 0.3) is 0 Å². The number of nitrogens with two attached hydrogens (primary N) is 1. The molecule has 27 heavy (non-hydrogen) atoms. The lowest BCUT2D eigenvalue weighted by molar-refractivity contribution is -0.384. The van der Waals surface area contributed by atoms with Crippen LogP contribution in [0.3, 0.4) is 0 Å². The van der Waals surface area contributed by atoms with Crippen LogP contribution in [-0.2, 0) is 19.9 Å². The number of nitrogens with zero attached hydrogens (tertiary/aromatic N) is 2. The van der Waals surface area contributed by atoms with Crippen molar-refractivity contribution in [3.05, 3.63) is 33.9 Å². The van der Waals surface area contributed by atoms with Gasteiger partial charge in [-0.25, -0.2) is 4.79 Å². The van der Waals surface area contributed by atoms with E-state index in [0.29, 0.717) is 13.1 Å². The predicted molar refractivity (Wildman–Crippen MR) is 100 cm³/mol. The van der Waals surface area contributed by atoms with Gasteiger partial charge in [0.05, 0.1) is 4.92 Å². The summed E-state index contributed by atoms with van der Waals surface area (Å²) >= 11 is 0. The van der Waals surface area contributed by atoms with E-state index in [9.17, 15) is 19.7 Å². The zero-order valence-electron chi connectivity index (χ0n) is 16.1. The van der Waals surface area contributed by atoms with Gasteiger partial charge in [-0.3, -0.25) is 14.9 Å². The first-order chi connectivity index (χ1) is 12.5. The molecule has 0 aromatic heterocycles. The molecule has 0 radical (unpaired) electrons. The lowest BCUT2D eigenvalue weighted by Gasteiger charge is -2.33. The third-order valence-electron chi connectivity index (χ3n) is 4.37. The summed E-state index contributed by atoms with van der Waals surface area (Å²) in [7, 11) is 1.54. The first-order valence-electron chi connectivity index (χ1n) is 8.79. The topological polar surface area (TPSA) is 128 Å². The summed E-state index contributed by atoms with van der Waals surface area (Å²) in [4.78, 5) is 38.4. The normalized spacial score (nSPS) is 16.6. The number of anilines is 1. The summed E-state index contributed by atoms with van der Waals surface area (Å²) in [6.45, 7) is 5.96. The second-order valence-electron chi connectivity index (χ2n) is 7.55. The van der Waals surface area contributed by atoms with Gasteiger partial charge in [0.2, 0.25) is 5.54 Å². The molecule has 0 bridgehead atoms. The number of hydrogen-bond donors (Lipinski definition) is 2. The molecule has 9 heteroatoms. The first kappa shape index (κ1) is 20.6. The molecule has 1 amide bonds. The molecule has 1 aliphatic heterocycles. The quantitative estimate of drug-likeness (QED) is 0.346. The van der Waals surface area contributed by atoms with E-state index in [-0.39, 0.29) is 16.9 Å². The van der Waals surface area contributed by atoms with E-state index in [1.165, 1.54) is 17.0 Å². The van der Waals surface area contributed by atoms with Crippen LogP contribution in [0.5, 0.6) is 0 Å². The van der Waals surface area contributed by atoms with Crippen molar-refractivity contribution < 1.29 is 19.2 Å². The van der Waals surface area contributed by atoms with E-state index in [1.54, 1.807) is 27.8 Å². The third-order valence-corrected chi connectivity index (χ3v) is 4.37. The Balaban J connectivity index is 2.58. The Morgan fingerprint density at radius 3 is 2.33 bits per heavy atom. The maximum Gasteiger partial charge on any atom is 0.341 e. The number of carbonyl (C=O) groups excluding carboxylic acids is 2. The maximum atomic E-state index is 13.1. The zero-order valence-corrected chi connectivity index (χ0v) is 16.1. The summed E-state index contributed by atoms with van der Waals surface area (Å²) in [5, 5.41) is 14.1. The molecule has 0 saturated carbocycles. The molecule has 1 heterocycles. The third kappa shape index (κ3) is 4.19. The number of ether oxygens (including phenoxy) is 1. The van der Waals surface area contributed by atoms with Gasteiger partial charge in [-0.15, -0.1) is 0 Å². The minimum Gasteiger partial charge on any atom is -0.458 e. The molecule has 1 atom stereocenters. The average molecular weight is 378 g/mol. The van der Waals surface area contributed by atoms with Gasteiger partial charge in [0, 0.05) is 26.2 Å². The molecule has 1 saturated heterocycles. The van der Waals surface area contributed by atoms with Crippen LogP contribution in [0, 0.1) is 10.1 Å². The Morgan fingerprint density at radius 2 is 1.85 bits per heavy atom. The summed E-state index contributed by atoms with van der Waals surface area (Å²) in [5.74, 6) is -1.54. The van der Waals surface area contributed by atoms with Crippen molar-refractivity contribution in [2.75, 3.05) is 25.5 Å². The number of esters is 1. The standard InChI is InChI=1S/C18H26N4O5/c1-17(2,3)27-16(24)18(19,15(23)21-9-5-6-10-21)12-7-8-13(20-4)14(11-12)22(25)26/h7-8,11,20H,5-6,9-10,19H2,1-4H3. The number of benzene rings is 1. The van der Waals surface area contributed by atoms with Gasteiger partial charge in [-0.05, 0) is 45.2 Å². The van der Waals surface area contributed by atoms with Gasteiger partial charge >= 0.3 is 5.97 Å². The second kappa shape index (κ2) is 7.51. The number of hydrogen-bond acceptors (Lipinski definition) is 7. The Morgan fingerprint density at radius 1 is 1.26 bits per heavy atom. The van der Waals surface area contributed by atoms with E-state index in [4.69, 9.17) is 10.5 Å². The van der Waals surface area contributed by atoms with Gasteiger partial charge in [-0.2, -0.15) is 0 Å². The number of amides is 1. The highest BCUT2D eigenvalue weighted by atomic mass is 16.6. The second-order valence-corrected chi connectivity index (χ2v) is 7.55. The highest BCUT2D eigenvalue weighted by Crippen LogP contribution is 2.33. The molecule has 3 N–H and O–H groups in total. The molecule has 1 unspecified atom stereocenters. The molecule has 0 aliphatic carbocycles. The SMILES string of the molecule is CNc1ccc(C(N)(C(=O)OC(C)(C)C)C(=O)N2CCCC2)cc1[N+](=O)[O-]. The number of nitrogens with one attached hydrogen (secondary N) is 1. The number of carbonyl (C=O) groups is 2. The smallest absolute Gasteiger partial charge is 0.341 e. The largest absolute Gasteiger partial charge is 0.458 e. The fraction of sp³-hybridized carbons (Fsp3) is 0.556.